The van der Waals surface area contributed by atoms with Crippen LogP contribution >= 0.6 is 0 Å². The maximum absolute atomic E-state index is 11.3. The van der Waals surface area contributed by atoms with E-state index < -0.39 is 10.8 Å². The second kappa shape index (κ2) is 8.11. The van der Waals surface area contributed by atoms with Gasteiger partial charge < -0.3 is 19.5 Å². The molecule has 0 saturated heterocycles. The van der Waals surface area contributed by atoms with Crippen LogP contribution in [0.15, 0.2) is 12.1 Å². The molecule has 0 amide bonds. The summed E-state index contributed by atoms with van der Waals surface area (Å²) in [5.74, 6) is 1.88. The number of hydrogen-bond acceptors (Lipinski definition) is 5. The van der Waals surface area contributed by atoms with E-state index in [1.54, 1.807) is 27.6 Å². The third kappa shape index (κ3) is 4.11. The van der Waals surface area contributed by atoms with Crippen molar-refractivity contribution in [3.63, 3.8) is 0 Å². The molecule has 1 aromatic rings. The average molecular weight is 301 g/mol. The van der Waals surface area contributed by atoms with Crippen molar-refractivity contribution < 1.29 is 18.4 Å². The smallest absolute Gasteiger partial charge is 0.203 e. The van der Waals surface area contributed by atoms with Crippen molar-refractivity contribution in [3.05, 3.63) is 17.7 Å². The maximum Gasteiger partial charge on any atom is 0.203 e. The monoisotopic (exact) mass is 301 g/mol. The standard InChI is InChI=1S/C14H23NO4S/c1-10(20(5)16)8-15-9-11-6-7-12(17-2)14(19-4)13(11)18-3/h6-7,10,15H,8-9H2,1-5H3. The molecule has 0 radical (unpaired) electrons. The lowest BCUT2D eigenvalue weighted by Crippen LogP contribution is -2.27. The highest BCUT2D eigenvalue weighted by molar-refractivity contribution is 7.84. The number of hydrogen-bond donors (Lipinski definition) is 1. The van der Waals surface area contributed by atoms with Crippen LogP contribution in [0.5, 0.6) is 17.2 Å². The number of ether oxygens (including phenoxy) is 3. The quantitative estimate of drug-likeness (QED) is 0.790. The second-order valence-corrected chi connectivity index (χ2v) is 6.24. The van der Waals surface area contributed by atoms with Gasteiger partial charge in [0.25, 0.3) is 0 Å². The van der Waals surface area contributed by atoms with Gasteiger partial charge in [0, 0.05) is 41.0 Å². The first-order chi connectivity index (χ1) is 9.54. The van der Waals surface area contributed by atoms with Gasteiger partial charge in [-0.15, -0.1) is 0 Å². The Morgan fingerprint density at radius 2 is 1.80 bits per heavy atom. The topological polar surface area (TPSA) is 56.8 Å². The molecule has 20 heavy (non-hydrogen) atoms. The lowest BCUT2D eigenvalue weighted by atomic mass is 10.1. The normalized spacial score (nSPS) is 13.7. The van der Waals surface area contributed by atoms with Crippen molar-refractivity contribution >= 4 is 10.8 Å². The van der Waals surface area contributed by atoms with Crippen molar-refractivity contribution in [1.29, 1.82) is 0 Å². The van der Waals surface area contributed by atoms with Gasteiger partial charge >= 0.3 is 0 Å². The van der Waals surface area contributed by atoms with Gasteiger partial charge in [0.05, 0.1) is 21.3 Å². The molecule has 0 aliphatic heterocycles. The largest absolute Gasteiger partial charge is 0.493 e. The van der Waals surface area contributed by atoms with E-state index in [0.29, 0.717) is 30.3 Å². The van der Waals surface area contributed by atoms with Crippen molar-refractivity contribution in [2.45, 2.75) is 18.7 Å². The number of benzene rings is 1. The summed E-state index contributed by atoms with van der Waals surface area (Å²) in [6, 6.07) is 3.78. The average Bonchev–Trinajstić information content (AvgIpc) is 2.45. The molecular formula is C14H23NO4S. The molecule has 0 fully saturated rings. The summed E-state index contributed by atoms with van der Waals surface area (Å²) in [5, 5.41) is 3.39. The zero-order chi connectivity index (χ0) is 15.1. The summed E-state index contributed by atoms with van der Waals surface area (Å²) >= 11 is 0. The highest BCUT2D eigenvalue weighted by Crippen LogP contribution is 2.39. The molecule has 0 spiro atoms. The number of nitrogens with one attached hydrogen (secondary N) is 1. The van der Waals surface area contributed by atoms with E-state index in [4.69, 9.17) is 14.2 Å². The molecule has 0 aliphatic carbocycles. The fraction of sp³-hybridized carbons (Fsp3) is 0.571. The third-order valence-electron chi connectivity index (χ3n) is 3.10. The SMILES string of the molecule is COc1ccc(CNCC(C)S(C)=O)c(OC)c1OC. The lowest BCUT2D eigenvalue weighted by molar-refractivity contribution is 0.321. The minimum atomic E-state index is -0.825. The first-order valence-electron chi connectivity index (χ1n) is 6.35. The molecule has 0 bridgehead atoms. The molecule has 1 rings (SSSR count). The molecule has 1 N–H and O–H groups in total. The maximum atomic E-state index is 11.3. The van der Waals surface area contributed by atoms with Crippen molar-refractivity contribution in [2.75, 3.05) is 34.1 Å². The minimum absolute atomic E-state index is 0.112. The first-order valence-corrected chi connectivity index (χ1v) is 7.98. The highest BCUT2D eigenvalue weighted by Gasteiger charge is 2.15. The van der Waals surface area contributed by atoms with E-state index in [1.165, 1.54) is 0 Å². The van der Waals surface area contributed by atoms with Gasteiger partial charge in [-0.05, 0) is 13.0 Å². The van der Waals surface area contributed by atoms with E-state index in [2.05, 4.69) is 5.32 Å². The minimum Gasteiger partial charge on any atom is -0.493 e. The van der Waals surface area contributed by atoms with E-state index in [0.717, 1.165) is 5.56 Å². The Bertz CT molecular complexity index is 465. The molecule has 0 heterocycles. The Kier molecular flexibility index (Phi) is 6.81. The summed E-state index contributed by atoms with van der Waals surface area (Å²) in [4.78, 5) is 0. The summed E-state index contributed by atoms with van der Waals surface area (Å²) in [6.45, 7) is 3.25. The van der Waals surface area contributed by atoms with Crippen LogP contribution in [0, 0.1) is 0 Å². The van der Waals surface area contributed by atoms with Crippen molar-refractivity contribution in [2.24, 2.45) is 0 Å². The molecule has 114 valence electrons. The van der Waals surface area contributed by atoms with Crippen molar-refractivity contribution in [3.8, 4) is 17.2 Å². The Labute approximate surface area is 123 Å². The van der Waals surface area contributed by atoms with Crippen LogP contribution in [0.3, 0.4) is 0 Å². The van der Waals surface area contributed by atoms with E-state index in [1.807, 2.05) is 19.1 Å². The fourth-order valence-corrected chi connectivity index (χ4v) is 2.18. The molecule has 2 unspecified atom stereocenters. The van der Waals surface area contributed by atoms with Gasteiger partial charge in [-0.25, -0.2) is 0 Å². The van der Waals surface area contributed by atoms with Gasteiger partial charge in [-0.2, -0.15) is 0 Å². The van der Waals surface area contributed by atoms with Crippen LogP contribution in [0.1, 0.15) is 12.5 Å². The summed E-state index contributed by atoms with van der Waals surface area (Å²) < 4.78 is 27.3. The Morgan fingerprint density at radius 1 is 1.15 bits per heavy atom. The molecule has 0 aromatic heterocycles. The molecule has 1 aromatic carbocycles. The number of rotatable bonds is 8. The molecule has 0 aliphatic rings. The van der Waals surface area contributed by atoms with E-state index in [9.17, 15) is 4.21 Å². The molecular weight excluding hydrogens is 278 g/mol. The Balaban J connectivity index is 2.82. The van der Waals surface area contributed by atoms with Crippen LogP contribution in [0.25, 0.3) is 0 Å². The van der Waals surface area contributed by atoms with Crippen LogP contribution in [-0.4, -0.2) is 43.6 Å². The van der Waals surface area contributed by atoms with Crippen LogP contribution in [-0.2, 0) is 17.3 Å². The highest BCUT2D eigenvalue weighted by atomic mass is 32.2. The van der Waals surface area contributed by atoms with Gasteiger partial charge in [0.2, 0.25) is 5.75 Å². The second-order valence-electron chi connectivity index (χ2n) is 4.43. The Morgan fingerprint density at radius 3 is 2.30 bits per heavy atom. The first kappa shape index (κ1) is 16.8. The molecule has 0 saturated carbocycles. The van der Waals surface area contributed by atoms with Gasteiger partial charge in [0.15, 0.2) is 11.5 Å². The lowest BCUT2D eigenvalue weighted by Gasteiger charge is -2.16. The predicted molar refractivity (Wildman–Crippen MR) is 81.3 cm³/mol. The number of methoxy groups -OCH3 is 3. The van der Waals surface area contributed by atoms with Crippen molar-refractivity contribution in [1.82, 2.24) is 5.32 Å². The zero-order valence-electron chi connectivity index (χ0n) is 12.7. The van der Waals surface area contributed by atoms with Gasteiger partial charge in [0.1, 0.15) is 0 Å². The molecule has 6 heteroatoms. The zero-order valence-corrected chi connectivity index (χ0v) is 13.5. The summed E-state index contributed by atoms with van der Waals surface area (Å²) in [5.41, 5.74) is 0.972. The van der Waals surface area contributed by atoms with Crippen LogP contribution in [0.2, 0.25) is 0 Å². The predicted octanol–water partition coefficient (Wildman–Crippen LogP) is 1.57. The van der Waals surface area contributed by atoms with Crippen LogP contribution < -0.4 is 19.5 Å². The van der Waals surface area contributed by atoms with Gasteiger partial charge in [-0.1, -0.05) is 6.07 Å². The molecule has 2 atom stereocenters. The molecule has 5 nitrogen and oxygen atoms in total. The van der Waals surface area contributed by atoms with Gasteiger partial charge in [-0.3, -0.25) is 4.21 Å². The summed E-state index contributed by atoms with van der Waals surface area (Å²) in [7, 11) is 3.95. The Hall–Kier alpha value is -1.27. The summed E-state index contributed by atoms with van der Waals surface area (Å²) in [6.07, 6.45) is 1.71. The van der Waals surface area contributed by atoms with E-state index >= 15 is 0 Å². The van der Waals surface area contributed by atoms with E-state index in [-0.39, 0.29) is 5.25 Å². The third-order valence-corrected chi connectivity index (χ3v) is 4.40. The fourth-order valence-electron chi connectivity index (χ4n) is 1.83. The van der Waals surface area contributed by atoms with Crippen LogP contribution in [0.4, 0.5) is 0 Å².